The zero-order valence-electron chi connectivity index (χ0n) is 10.4. The van der Waals surface area contributed by atoms with Gasteiger partial charge in [0, 0.05) is 19.2 Å². The number of anilines is 2. The van der Waals surface area contributed by atoms with Crippen LogP contribution in [0.3, 0.4) is 0 Å². The minimum Gasteiger partial charge on any atom is -0.378 e. The van der Waals surface area contributed by atoms with E-state index in [4.69, 9.17) is 10.5 Å². The zero-order valence-corrected chi connectivity index (χ0v) is 10.4. The van der Waals surface area contributed by atoms with E-state index in [-0.39, 0.29) is 23.7 Å². The number of ether oxygens (including phenoxy) is 1. The van der Waals surface area contributed by atoms with Gasteiger partial charge in [-0.1, -0.05) is 0 Å². The molecule has 1 aliphatic rings. The molecule has 7 nitrogen and oxygen atoms in total. The van der Waals surface area contributed by atoms with E-state index in [1.807, 2.05) is 18.7 Å². The Morgan fingerprint density at radius 1 is 1.44 bits per heavy atom. The predicted octanol–water partition coefficient (Wildman–Crippen LogP) is 1.19. The molecule has 98 valence electrons. The van der Waals surface area contributed by atoms with Crippen molar-refractivity contribution in [3.8, 4) is 0 Å². The molecule has 0 bridgehead atoms. The Morgan fingerprint density at radius 3 is 2.56 bits per heavy atom. The molecule has 1 fully saturated rings. The Balaban J connectivity index is 2.23. The van der Waals surface area contributed by atoms with Gasteiger partial charge in [-0.15, -0.1) is 0 Å². The molecule has 1 aromatic rings. The molecule has 2 N–H and O–H groups in total. The molecule has 1 aromatic heterocycles. The van der Waals surface area contributed by atoms with Gasteiger partial charge in [0.15, 0.2) is 0 Å². The Kier molecular flexibility index (Phi) is 3.33. The van der Waals surface area contributed by atoms with E-state index in [9.17, 15) is 10.1 Å². The van der Waals surface area contributed by atoms with Gasteiger partial charge in [0.1, 0.15) is 5.82 Å². The van der Waals surface area contributed by atoms with Gasteiger partial charge in [-0.25, -0.2) is 4.98 Å². The summed E-state index contributed by atoms with van der Waals surface area (Å²) in [4.78, 5) is 16.3. The van der Waals surface area contributed by atoms with E-state index in [1.165, 1.54) is 6.07 Å². The summed E-state index contributed by atoms with van der Waals surface area (Å²) in [6.45, 7) is 5.37. The fourth-order valence-corrected chi connectivity index (χ4v) is 2.15. The minimum atomic E-state index is -0.531. The van der Waals surface area contributed by atoms with E-state index >= 15 is 0 Å². The fourth-order valence-electron chi connectivity index (χ4n) is 2.15. The highest BCUT2D eigenvalue weighted by atomic mass is 16.6. The Hall–Kier alpha value is -1.89. The maximum atomic E-state index is 10.7. The van der Waals surface area contributed by atoms with Gasteiger partial charge < -0.3 is 15.4 Å². The highest BCUT2D eigenvalue weighted by Crippen LogP contribution is 2.25. The van der Waals surface area contributed by atoms with Crippen molar-refractivity contribution >= 4 is 17.3 Å². The first-order valence-corrected chi connectivity index (χ1v) is 5.78. The number of nitro groups is 1. The maximum absolute atomic E-state index is 10.7. The van der Waals surface area contributed by atoms with Gasteiger partial charge in [0.25, 0.3) is 0 Å². The summed E-state index contributed by atoms with van der Waals surface area (Å²) in [7, 11) is 0. The highest BCUT2D eigenvalue weighted by Gasteiger charge is 2.24. The average molecular weight is 252 g/mol. The summed E-state index contributed by atoms with van der Waals surface area (Å²) in [5, 5.41) is 10.7. The third-order valence-corrected chi connectivity index (χ3v) is 2.83. The lowest BCUT2D eigenvalue weighted by atomic mass is 10.2. The first kappa shape index (κ1) is 12.6. The van der Waals surface area contributed by atoms with Gasteiger partial charge in [0.05, 0.1) is 17.1 Å². The van der Waals surface area contributed by atoms with Crippen LogP contribution in [0.5, 0.6) is 0 Å². The second kappa shape index (κ2) is 4.77. The number of nitrogens with zero attached hydrogens (tertiary/aromatic N) is 3. The summed E-state index contributed by atoms with van der Waals surface area (Å²) < 4.78 is 5.62. The van der Waals surface area contributed by atoms with Crippen molar-refractivity contribution in [1.82, 2.24) is 4.98 Å². The van der Waals surface area contributed by atoms with E-state index < -0.39 is 4.92 Å². The number of pyridine rings is 1. The summed E-state index contributed by atoms with van der Waals surface area (Å²) in [6.07, 6.45) is 0.207. The van der Waals surface area contributed by atoms with E-state index in [1.54, 1.807) is 6.07 Å². The molecule has 1 aliphatic heterocycles. The predicted molar refractivity (Wildman–Crippen MR) is 67.5 cm³/mol. The SMILES string of the molecule is C[C@H]1CN(c2ccc([N+](=O)[O-])c(N)n2)C[C@H](C)O1. The van der Waals surface area contributed by atoms with Crippen LogP contribution in [0.15, 0.2) is 12.1 Å². The van der Waals surface area contributed by atoms with Gasteiger partial charge >= 0.3 is 5.69 Å². The molecular weight excluding hydrogens is 236 g/mol. The summed E-state index contributed by atoms with van der Waals surface area (Å²) in [5.74, 6) is 0.601. The lowest BCUT2D eigenvalue weighted by Crippen LogP contribution is -2.45. The first-order chi connectivity index (χ1) is 8.47. The molecular formula is C11H16N4O3. The van der Waals surface area contributed by atoms with E-state index in [0.29, 0.717) is 18.9 Å². The molecule has 7 heteroatoms. The van der Waals surface area contributed by atoms with Crippen molar-refractivity contribution < 1.29 is 9.66 Å². The van der Waals surface area contributed by atoms with Crippen molar-refractivity contribution in [2.24, 2.45) is 0 Å². The van der Waals surface area contributed by atoms with Crippen LogP contribution in [0.4, 0.5) is 17.3 Å². The highest BCUT2D eigenvalue weighted by molar-refractivity contribution is 5.58. The number of aromatic nitrogens is 1. The van der Waals surface area contributed by atoms with Crippen molar-refractivity contribution in [3.05, 3.63) is 22.2 Å². The second-order valence-corrected chi connectivity index (χ2v) is 4.49. The number of hydrogen-bond donors (Lipinski definition) is 1. The molecule has 0 unspecified atom stereocenters. The van der Waals surface area contributed by atoms with Gasteiger partial charge in [-0.2, -0.15) is 0 Å². The lowest BCUT2D eigenvalue weighted by Gasteiger charge is -2.36. The van der Waals surface area contributed by atoms with E-state index in [0.717, 1.165) is 0 Å². The van der Waals surface area contributed by atoms with Crippen LogP contribution in [0.25, 0.3) is 0 Å². The van der Waals surface area contributed by atoms with Crippen molar-refractivity contribution in [2.75, 3.05) is 23.7 Å². The monoisotopic (exact) mass is 252 g/mol. The quantitative estimate of drug-likeness (QED) is 0.627. The molecule has 1 saturated heterocycles. The third-order valence-electron chi connectivity index (χ3n) is 2.83. The molecule has 18 heavy (non-hydrogen) atoms. The number of rotatable bonds is 2. The smallest absolute Gasteiger partial charge is 0.311 e. The number of nitrogens with two attached hydrogens (primary N) is 1. The molecule has 2 rings (SSSR count). The minimum absolute atomic E-state index is 0.0516. The third kappa shape index (κ3) is 2.51. The maximum Gasteiger partial charge on any atom is 0.311 e. The van der Waals surface area contributed by atoms with Gasteiger partial charge in [-0.3, -0.25) is 10.1 Å². The standard InChI is InChI=1S/C11H16N4O3/c1-7-5-14(6-8(2)18-7)10-4-3-9(15(16)17)11(12)13-10/h3-4,7-8H,5-6H2,1-2H3,(H2,12,13)/t7-,8-/m0/s1. The largest absolute Gasteiger partial charge is 0.378 e. The fraction of sp³-hybridized carbons (Fsp3) is 0.545. The molecule has 0 aliphatic carbocycles. The summed E-state index contributed by atoms with van der Waals surface area (Å²) >= 11 is 0. The van der Waals surface area contributed by atoms with Gasteiger partial charge in [0.2, 0.25) is 5.82 Å². The zero-order chi connectivity index (χ0) is 13.3. The van der Waals surface area contributed by atoms with E-state index in [2.05, 4.69) is 4.98 Å². The lowest BCUT2D eigenvalue weighted by molar-refractivity contribution is -0.384. The Labute approximate surface area is 105 Å². The van der Waals surface area contributed by atoms with Crippen LogP contribution < -0.4 is 10.6 Å². The topological polar surface area (TPSA) is 94.5 Å². The van der Waals surface area contributed by atoms with Gasteiger partial charge in [-0.05, 0) is 19.9 Å². The molecule has 2 heterocycles. The normalized spacial score (nSPS) is 24.0. The van der Waals surface area contributed by atoms with Crippen LogP contribution in [-0.2, 0) is 4.74 Å². The van der Waals surface area contributed by atoms with Crippen LogP contribution in [0, 0.1) is 10.1 Å². The first-order valence-electron chi connectivity index (χ1n) is 5.78. The van der Waals surface area contributed by atoms with Crippen molar-refractivity contribution in [3.63, 3.8) is 0 Å². The van der Waals surface area contributed by atoms with Crippen LogP contribution in [-0.4, -0.2) is 35.2 Å². The second-order valence-electron chi connectivity index (χ2n) is 4.49. The number of morpholine rings is 1. The number of nitrogen functional groups attached to an aromatic ring is 1. The summed E-state index contributed by atoms with van der Waals surface area (Å²) in [6, 6.07) is 3.02. The Morgan fingerprint density at radius 2 is 2.06 bits per heavy atom. The van der Waals surface area contributed by atoms with Crippen LogP contribution >= 0.6 is 0 Å². The molecule has 0 radical (unpaired) electrons. The molecule has 0 amide bonds. The summed E-state index contributed by atoms with van der Waals surface area (Å²) in [5.41, 5.74) is 5.43. The van der Waals surface area contributed by atoms with Crippen LogP contribution in [0.2, 0.25) is 0 Å². The van der Waals surface area contributed by atoms with Crippen LogP contribution in [0.1, 0.15) is 13.8 Å². The number of hydrogen-bond acceptors (Lipinski definition) is 6. The van der Waals surface area contributed by atoms with Crippen molar-refractivity contribution in [2.45, 2.75) is 26.1 Å². The molecule has 0 saturated carbocycles. The average Bonchev–Trinajstić information content (AvgIpc) is 2.26. The van der Waals surface area contributed by atoms with Crippen molar-refractivity contribution in [1.29, 1.82) is 0 Å². The molecule has 0 aromatic carbocycles. The molecule has 2 atom stereocenters. The molecule has 0 spiro atoms. The Bertz CT molecular complexity index is 456.